The largest absolute Gasteiger partial charge is 0.369 e. The third-order valence-corrected chi connectivity index (χ3v) is 6.42. The van der Waals surface area contributed by atoms with E-state index in [0.717, 1.165) is 50.4 Å². The quantitative estimate of drug-likeness (QED) is 0.644. The van der Waals surface area contributed by atoms with E-state index >= 15 is 0 Å². The van der Waals surface area contributed by atoms with E-state index in [1.807, 2.05) is 22.9 Å². The average molecular weight is 407 g/mol. The molecular weight excluding hydrogens is 379 g/mol. The summed E-state index contributed by atoms with van der Waals surface area (Å²) in [6, 6.07) is 17.6. The number of hydrogen-bond acceptors (Lipinski definition) is 5. The fourth-order valence-corrected chi connectivity index (χ4v) is 4.83. The second kappa shape index (κ2) is 8.52. The number of halogens is 1. The zero-order valence-electron chi connectivity index (χ0n) is 17.1. The summed E-state index contributed by atoms with van der Waals surface area (Å²) in [4.78, 5) is 4.85. The molecule has 156 valence electrons. The average Bonchev–Trinajstić information content (AvgIpc) is 3.48. The van der Waals surface area contributed by atoms with Crippen molar-refractivity contribution in [2.45, 2.75) is 37.8 Å². The lowest BCUT2D eigenvalue weighted by atomic mass is 10.0. The number of piperazine rings is 1. The summed E-state index contributed by atoms with van der Waals surface area (Å²) in [6.07, 6.45) is 4.69. The first-order valence-corrected chi connectivity index (χ1v) is 10.9. The maximum absolute atomic E-state index is 13.6. The highest BCUT2D eigenvalue weighted by molar-refractivity contribution is 5.46. The fraction of sp³-hybridized carbons (Fsp3) is 0.435. The molecule has 1 aliphatic heterocycles. The highest BCUT2D eigenvalue weighted by atomic mass is 19.1. The van der Waals surface area contributed by atoms with Crippen LogP contribution in [0.15, 0.2) is 54.6 Å². The van der Waals surface area contributed by atoms with E-state index in [1.165, 1.54) is 30.7 Å². The summed E-state index contributed by atoms with van der Waals surface area (Å²) in [5.74, 6) is 0.656. The lowest BCUT2D eigenvalue weighted by Crippen LogP contribution is -2.48. The minimum absolute atomic E-state index is 0.0703. The van der Waals surface area contributed by atoms with Crippen LogP contribution in [-0.2, 0) is 0 Å². The predicted molar refractivity (Wildman–Crippen MR) is 114 cm³/mol. The topological polar surface area (TPSA) is 50.1 Å². The van der Waals surface area contributed by atoms with Crippen LogP contribution in [0.25, 0.3) is 0 Å². The zero-order chi connectivity index (χ0) is 20.3. The molecule has 1 aromatic heterocycles. The SMILES string of the molecule is Fc1ccc([C@H](c2nnnn2C2CCCC2)N2CCN(c3ccccc3)CC2)cc1. The molecule has 1 saturated carbocycles. The van der Waals surface area contributed by atoms with Gasteiger partial charge in [-0.3, -0.25) is 4.90 Å². The van der Waals surface area contributed by atoms with Crippen LogP contribution in [0.3, 0.4) is 0 Å². The van der Waals surface area contributed by atoms with Gasteiger partial charge in [-0.15, -0.1) is 5.10 Å². The van der Waals surface area contributed by atoms with Gasteiger partial charge in [0.15, 0.2) is 5.82 Å². The molecular formula is C23H27FN6. The van der Waals surface area contributed by atoms with E-state index in [9.17, 15) is 4.39 Å². The Hall–Kier alpha value is -2.80. The van der Waals surface area contributed by atoms with Crippen molar-refractivity contribution in [2.75, 3.05) is 31.1 Å². The number of tetrazole rings is 1. The Morgan fingerprint density at radius 2 is 1.57 bits per heavy atom. The lowest BCUT2D eigenvalue weighted by Gasteiger charge is -2.40. The van der Waals surface area contributed by atoms with Crippen molar-refractivity contribution in [1.29, 1.82) is 0 Å². The second-order valence-electron chi connectivity index (χ2n) is 8.23. The maximum atomic E-state index is 13.6. The van der Waals surface area contributed by atoms with Gasteiger partial charge in [0.05, 0.1) is 12.1 Å². The van der Waals surface area contributed by atoms with Gasteiger partial charge in [-0.05, 0) is 53.1 Å². The van der Waals surface area contributed by atoms with E-state index in [0.29, 0.717) is 6.04 Å². The van der Waals surface area contributed by atoms with E-state index in [2.05, 4.69) is 49.6 Å². The van der Waals surface area contributed by atoms with Crippen LogP contribution in [-0.4, -0.2) is 51.3 Å². The molecule has 2 aromatic carbocycles. The van der Waals surface area contributed by atoms with Crippen LogP contribution < -0.4 is 4.90 Å². The van der Waals surface area contributed by atoms with Gasteiger partial charge in [-0.2, -0.15) is 0 Å². The Morgan fingerprint density at radius 3 is 2.27 bits per heavy atom. The van der Waals surface area contributed by atoms with Crippen molar-refractivity contribution < 1.29 is 4.39 Å². The summed E-state index contributed by atoms with van der Waals surface area (Å²) in [5, 5.41) is 12.9. The van der Waals surface area contributed by atoms with E-state index in [1.54, 1.807) is 0 Å². The van der Waals surface area contributed by atoms with Gasteiger partial charge in [-0.25, -0.2) is 9.07 Å². The molecule has 0 spiro atoms. The summed E-state index contributed by atoms with van der Waals surface area (Å²) in [5.41, 5.74) is 2.30. The highest BCUT2D eigenvalue weighted by Gasteiger charge is 2.33. The highest BCUT2D eigenvalue weighted by Crippen LogP contribution is 2.34. The molecule has 2 heterocycles. The number of para-hydroxylation sites is 1. The molecule has 2 aliphatic rings. The Labute approximate surface area is 176 Å². The minimum atomic E-state index is -0.221. The smallest absolute Gasteiger partial charge is 0.173 e. The van der Waals surface area contributed by atoms with Crippen molar-refractivity contribution >= 4 is 5.69 Å². The molecule has 0 radical (unpaired) electrons. The van der Waals surface area contributed by atoms with Crippen molar-refractivity contribution in [3.63, 3.8) is 0 Å². The van der Waals surface area contributed by atoms with E-state index < -0.39 is 0 Å². The molecule has 1 atom stereocenters. The molecule has 30 heavy (non-hydrogen) atoms. The molecule has 0 amide bonds. The lowest BCUT2D eigenvalue weighted by molar-refractivity contribution is 0.197. The van der Waals surface area contributed by atoms with Crippen molar-refractivity contribution in [3.05, 3.63) is 71.8 Å². The molecule has 1 aliphatic carbocycles. The molecule has 7 heteroatoms. The van der Waals surface area contributed by atoms with Crippen LogP contribution in [0.4, 0.5) is 10.1 Å². The first kappa shape index (κ1) is 19.2. The van der Waals surface area contributed by atoms with Crippen LogP contribution >= 0.6 is 0 Å². The third kappa shape index (κ3) is 3.81. The molecule has 6 nitrogen and oxygen atoms in total. The number of anilines is 1. The Balaban J connectivity index is 1.43. The standard InChI is InChI=1S/C23H27FN6/c24-19-12-10-18(11-13-19)22(23-25-26-27-30(23)21-8-4-5-9-21)29-16-14-28(15-17-29)20-6-2-1-3-7-20/h1-3,6-7,10-13,21-22H,4-5,8-9,14-17H2/t22-/m1/s1. The zero-order valence-corrected chi connectivity index (χ0v) is 17.1. The van der Waals surface area contributed by atoms with Gasteiger partial charge >= 0.3 is 0 Å². The number of rotatable bonds is 5. The van der Waals surface area contributed by atoms with Crippen LogP contribution in [0.2, 0.25) is 0 Å². The Kier molecular flexibility index (Phi) is 5.45. The first-order valence-electron chi connectivity index (χ1n) is 10.9. The van der Waals surface area contributed by atoms with E-state index in [4.69, 9.17) is 0 Å². The number of nitrogens with zero attached hydrogens (tertiary/aromatic N) is 6. The first-order chi connectivity index (χ1) is 14.8. The Morgan fingerprint density at radius 1 is 0.867 bits per heavy atom. The number of aromatic nitrogens is 4. The molecule has 0 bridgehead atoms. The minimum Gasteiger partial charge on any atom is -0.369 e. The van der Waals surface area contributed by atoms with Crippen molar-refractivity contribution in [2.24, 2.45) is 0 Å². The van der Waals surface area contributed by atoms with Crippen molar-refractivity contribution in [1.82, 2.24) is 25.1 Å². The van der Waals surface area contributed by atoms with Gasteiger partial charge in [-0.1, -0.05) is 43.2 Å². The number of benzene rings is 2. The monoisotopic (exact) mass is 406 g/mol. The fourth-order valence-electron chi connectivity index (χ4n) is 4.83. The predicted octanol–water partition coefficient (Wildman–Crippen LogP) is 3.84. The van der Waals surface area contributed by atoms with Gasteiger partial charge in [0.2, 0.25) is 0 Å². The van der Waals surface area contributed by atoms with Crippen molar-refractivity contribution in [3.8, 4) is 0 Å². The van der Waals surface area contributed by atoms with Crippen LogP contribution in [0.5, 0.6) is 0 Å². The summed E-state index contributed by atoms with van der Waals surface area (Å²) in [6.45, 7) is 3.67. The van der Waals surface area contributed by atoms with E-state index in [-0.39, 0.29) is 11.9 Å². The molecule has 1 saturated heterocycles. The molecule has 3 aromatic rings. The second-order valence-corrected chi connectivity index (χ2v) is 8.23. The maximum Gasteiger partial charge on any atom is 0.173 e. The molecule has 2 fully saturated rings. The summed E-state index contributed by atoms with van der Waals surface area (Å²) < 4.78 is 15.7. The molecule has 0 unspecified atom stereocenters. The van der Waals surface area contributed by atoms with Gasteiger partial charge < -0.3 is 4.90 Å². The normalized spacial score (nSPS) is 19.3. The summed E-state index contributed by atoms with van der Waals surface area (Å²) >= 11 is 0. The molecule has 5 rings (SSSR count). The summed E-state index contributed by atoms with van der Waals surface area (Å²) in [7, 11) is 0. The van der Waals surface area contributed by atoms with Crippen LogP contribution in [0.1, 0.15) is 49.2 Å². The van der Waals surface area contributed by atoms with Gasteiger partial charge in [0.1, 0.15) is 5.82 Å². The van der Waals surface area contributed by atoms with Crippen LogP contribution in [0, 0.1) is 5.82 Å². The Bertz CT molecular complexity index is 943. The number of hydrogen-bond donors (Lipinski definition) is 0. The molecule has 0 N–H and O–H groups in total. The van der Waals surface area contributed by atoms with Gasteiger partial charge in [0.25, 0.3) is 0 Å². The van der Waals surface area contributed by atoms with Gasteiger partial charge in [0, 0.05) is 31.9 Å². The third-order valence-electron chi connectivity index (χ3n) is 6.42.